The minimum Gasteiger partial charge on any atom is -0.354 e. The van der Waals surface area contributed by atoms with E-state index < -0.39 is 0 Å². The smallest absolute Gasteiger partial charge is 0.271 e. The van der Waals surface area contributed by atoms with Gasteiger partial charge in [-0.05, 0) is 30.8 Å². The van der Waals surface area contributed by atoms with Crippen LogP contribution in [0.1, 0.15) is 16.1 Å². The van der Waals surface area contributed by atoms with Crippen molar-refractivity contribution in [1.82, 2.24) is 20.4 Å². The molecule has 0 saturated carbocycles. The summed E-state index contributed by atoms with van der Waals surface area (Å²) in [7, 11) is 3.45. The zero-order valence-electron chi connectivity index (χ0n) is 10.8. The Labute approximate surface area is 116 Å². The van der Waals surface area contributed by atoms with Gasteiger partial charge in [0.25, 0.3) is 5.91 Å². The Morgan fingerprint density at radius 1 is 1.37 bits per heavy atom. The SMILES string of the molecule is CNCc1ccc(-n2ccc(C(=O)NC)n2)c(Cl)c1. The molecule has 2 rings (SSSR count). The summed E-state index contributed by atoms with van der Waals surface area (Å²) >= 11 is 6.23. The van der Waals surface area contributed by atoms with Crippen LogP contribution in [0.25, 0.3) is 5.69 Å². The fourth-order valence-electron chi connectivity index (χ4n) is 1.76. The van der Waals surface area contributed by atoms with Crippen molar-refractivity contribution >= 4 is 17.5 Å². The van der Waals surface area contributed by atoms with Crippen LogP contribution in [-0.2, 0) is 6.54 Å². The summed E-state index contributed by atoms with van der Waals surface area (Å²) in [4.78, 5) is 11.5. The van der Waals surface area contributed by atoms with E-state index in [0.717, 1.165) is 17.8 Å². The minimum atomic E-state index is -0.221. The highest BCUT2D eigenvalue weighted by atomic mass is 35.5. The van der Waals surface area contributed by atoms with Gasteiger partial charge in [0, 0.05) is 19.8 Å². The topological polar surface area (TPSA) is 59.0 Å². The van der Waals surface area contributed by atoms with Gasteiger partial charge < -0.3 is 10.6 Å². The van der Waals surface area contributed by atoms with E-state index >= 15 is 0 Å². The molecule has 0 unspecified atom stereocenters. The van der Waals surface area contributed by atoms with Crippen LogP contribution in [-0.4, -0.2) is 29.8 Å². The van der Waals surface area contributed by atoms with Gasteiger partial charge in [0.05, 0.1) is 10.7 Å². The molecule has 0 fully saturated rings. The number of nitrogens with zero attached hydrogens (tertiary/aromatic N) is 2. The van der Waals surface area contributed by atoms with Crippen LogP contribution < -0.4 is 10.6 Å². The molecule has 2 N–H and O–H groups in total. The molecule has 19 heavy (non-hydrogen) atoms. The number of carbonyl (C=O) groups is 1. The Kier molecular flexibility index (Phi) is 4.19. The van der Waals surface area contributed by atoms with Gasteiger partial charge in [-0.15, -0.1) is 0 Å². The third-order valence-electron chi connectivity index (χ3n) is 2.69. The molecular weight excluding hydrogens is 264 g/mol. The summed E-state index contributed by atoms with van der Waals surface area (Å²) in [6.45, 7) is 0.753. The van der Waals surface area contributed by atoms with Gasteiger partial charge in [-0.1, -0.05) is 17.7 Å². The van der Waals surface area contributed by atoms with Crippen LogP contribution in [0.15, 0.2) is 30.5 Å². The van der Waals surface area contributed by atoms with Crippen molar-refractivity contribution in [2.75, 3.05) is 14.1 Å². The first kappa shape index (κ1) is 13.6. The number of hydrogen-bond donors (Lipinski definition) is 2. The molecule has 1 aromatic carbocycles. The molecule has 100 valence electrons. The molecule has 0 aliphatic carbocycles. The molecule has 0 saturated heterocycles. The van der Waals surface area contributed by atoms with E-state index in [1.54, 1.807) is 24.0 Å². The molecule has 0 aliphatic rings. The molecule has 0 spiro atoms. The van der Waals surface area contributed by atoms with Gasteiger partial charge in [0.2, 0.25) is 0 Å². The molecule has 0 bridgehead atoms. The molecule has 1 amide bonds. The first-order chi connectivity index (χ1) is 9.15. The second kappa shape index (κ2) is 5.86. The summed E-state index contributed by atoms with van der Waals surface area (Å²) in [6, 6.07) is 7.39. The molecule has 0 aliphatic heterocycles. The summed E-state index contributed by atoms with van der Waals surface area (Å²) in [5, 5.41) is 10.4. The van der Waals surface area contributed by atoms with Gasteiger partial charge in [-0.25, -0.2) is 4.68 Å². The Bertz CT molecular complexity index is 594. The average molecular weight is 279 g/mol. The molecule has 6 heteroatoms. The van der Waals surface area contributed by atoms with Crippen LogP contribution in [0, 0.1) is 0 Å². The minimum absolute atomic E-state index is 0.221. The molecule has 0 atom stereocenters. The average Bonchev–Trinajstić information content (AvgIpc) is 2.88. The fourth-order valence-corrected chi connectivity index (χ4v) is 2.05. The van der Waals surface area contributed by atoms with E-state index in [9.17, 15) is 4.79 Å². The first-order valence-electron chi connectivity index (χ1n) is 5.87. The number of aromatic nitrogens is 2. The van der Waals surface area contributed by atoms with E-state index in [4.69, 9.17) is 11.6 Å². The van der Waals surface area contributed by atoms with Gasteiger partial charge >= 0.3 is 0 Å². The fraction of sp³-hybridized carbons (Fsp3) is 0.231. The van der Waals surface area contributed by atoms with E-state index in [1.165, 1.54) is 0 Å². The third kappa shape index (κ3) is 2.94. The molecule has 1 heterocycles. The highest BCUT2D eigenvalue weighted by Crippen LogP contribution is 2.21. The number of carbonyl (C=O) groups excluding carboxylic acids is 1. The van der Waals surface area contributed by atoms with E-state index in [1.807, 2.05) is 25.2 Å². The number of amides is 1. The lowest BCUT2D eigenvalue weighted by atomic mass is 10.2. The van der Waals surface area contributed by atoms with Crippen molar-refractivity contribution in [2.24, 2.45) is 0 Å². The zero-order valence-corrected chi connectivity index (χ0v) is 11.5. The van der Waals surface area contributed by atoms with Crippen molar-refractivity contribution in [3.8, 4) is 5.69 Å². The van der Waals surface area contributed by atoms with Gasteiger partial charge in [0.1, 0.15) is 0 Å². The van der Waals surface area contributed by atoms with Crippen LogP contribution in [0.3, 0.4) is 0 Å². The standard InChI is InChI=1S/C13H15ClN4O/c1-15-8-9-3-4-12(10(14)7-9)18-6-5-11(17-18)13(19)16-2/h3-7,15H,8H2,1-2H3,(H,16,19). The maximum absolute atomic E-state index is 11.5. The van der Waals surface area contributed by atoms with Crippen LogP contribution >= 0.6 is 11.6 Å². The van der Waals surface area contributed by atoms with Crippen LogP contribution in [0.2, 0.25) is 5.02 Å². The summed E-state index contributed by atoms with van der Waals surface area (Å²) in [6.07, 6.45) is 1.71. The molecule has 2 aromatic rings. The lowest BCUT2D eigenvalue weighted by Crippen LogP contribution is -2.18. The predicted octanol–water partition coefficient (Wildman–Crippen LogP) is 1.60. The normalized spacial score (nSPS) is 10.5. The predicted molar refractivity (Wildman–Crippen MR) is 74.7 cm³/mol. The van der Waals surface area contributed by atoms with E-state index in [2.05, 4.69) is 15.7 Å². The maximum Gasteiger partial charge on any atom is 0.271 e. The lowest BCUT2D eigenvalue weighted by molar-refractivity contribution is 0.0957. The monoisotopic (exact) mass is 278 g/mol. The highest BCUT2D eigenvalue weighted by Gasteiger charge is 2.10. The van der Waals surface area contributed by atoms with Gasteiger partial charge in [-0.2, -0.15) is 5.10 Å². The third-order valence-corrected chi connectivity index (χ3v) is 2.99. The van der Waals surface area contributed by atoms with E-state index in [0.29, 0.717) is 10.7 Å². The zero-order chi connectivity index (χ0) is 13.8. The maximum atomic E-state index is 11.5. The second-order valence-corrected chi connectivity index (χ2v) is 4.45. The highest BCUT2D eigenvalue weighted by molar-refractivity contribution is 6.32. The van der Waals surface area contributed by atoms with Gasteiger partial charge in [-0.3, -0.25) is 4.79 Å². The lowest BCUT2D eigenvalue weighted by Gasteiger charge is -2.07. The largest absolute Gasteiger partial charge is 0.354 e. The Balaban J connectivity index is 2.31. The quantitative estimate of drug-likeness (QED) is 0.893. The van der Waals surface area contributed by atoms with Crippen LogP contribution in [0.4, 0.5) is 0 Å². The second-order valence-electron chi connectivity index (χ2n) is 4.04. The number of benzene rings is 1. The molecular formula is C13H15ClN4O. The molecule has 1 aromatic heterocycles. The van der Waals surface area contributed by atoms with E-state index in [-0.39, 0.29) is 5.91 Å². The van der Waals surface area contributed by atoms with Crippen molar-refractivity contribution in [3.63, 3.8) is 0 Å². The van der Waals surface area contributed by atoms with Crippen molar-refractivity contribution < 1.29 is 4.79 Å². The van der Waals surface area contributed by atoms with Crippen molar-refractivity contribution in [2.45, 2.75) is 6.54 Å². The Morgan fingerprint density at radius 3 is 2.79 bits per heavy atom. The molecule has 5 nitrogen and oxygen atoms in total. The molecule has 0 radical (unpaired) electrons. The van der Waals surface area contributed by atoms with Crippen molar-refractivity contribution in [3.05, 3.63) is 46.7 Å². The Hall–Kier alpha value is -1.85. The van der Waals surface area contributed by atoms with Gasteiger partial charge in [0.15, 0.2) is 5.69 Å². The Morgan fingerprint density at radius 2 is 2.16 bits per heavy atom. The van der Waals surface area contributed by atoms with Crippen LogP contribution in [0.5, 0.6) is 0 Å². The number of rotatable bonds is 4. The summed E-state index contributed by atoms with van der Waals surface area (Å²) in [5.74, 6) is -0.221. The number of nitrogens with one attached hydrogen (secondary N) is 2. The van der Waals surface area contributed by atoms with Crippen molar-refractivity contribution in [1.29, 1.82) is 0 Å². The first-order valence-corrected chi connectivity index (χ1v) is 6.24. The number of halogens is 1. The summed E-state index contributed by atoms with van der Waals surface area (Å²) in [5.41, 5.74) is 2.20. The number of hydrogen-bond acceptors (Lipinski definition) is 3. The summed E-state index contributed by atoms with van der Waals surface area (Å²) < 4.78 is 1.59.